The molecule has 0 bridgehead atoms. The molecule has 4 rings (SSSR count). The van der Waals surface area contributed by atoms with E-state index < -0.39 is 0 Å². The molecule has 0 saturated heterocycles. The van der Waals surface area contributed by atoms with Gasteiger partial charge in [-0.05, 0) is 56.0 Å². The number of fused-ring (bicyclic) bond motifs is 1. The summed E-state index contributed by atoms with van der Waals surface area (Å²) in [6, 6.07) is 21.5. The second-order valence-corrected chi connectivity index (χ2v) is 8.39. The van der Waals surface area contributed by atoms with Crippen molar-refractivity contribution in [3.63, 3.8) is 0 Å². The Labute approximate surface area is 185 Å². The van der Waals surface area contributed by atoms with Crippen LogP contribution in [0.4, 0.5) is 17.3 Å². The molecule has 0 aliphatic heterocycles. The Kier molecular flexibility index (Phi) is 5.99. The lowest BCUT2D eigenvalue weighted by molar-refractivity contribution is 0.844. The number of hydrogen-bond donors (Lipinski definition) is 1. The average molecular weight is 413 g/mol. The first kappa shape index (κ1) is 21.0. The van der Waals surface area contributed by atoms with Crippen LogP contribution >= 0.6 is 0 Å². The minimum Gasteiger partial charge on any atom is -0.383 e. The molecule has 0 aliphatic carbocycles. The van der Waals surface area contributed by atoms with Gasteiger partial charge in [0.25, 0.3) is 0 Å². The number of rotatable bonds is 7. The van der Waals surface area contributed by atoms with Crippen molar-refractivity contribution >= 4 is 28.4 Å². The van der Waals surface area contributed by atoms with Gasteiger partial charge in [-0.1, -0.05) is 61.0 Å². The van der Waals surface area contributed by atoms with Gasteiger partial charge in [0.15, 0.2) is 0 Å². The fraction of sp³-hybridized carbons (Fsp3) is 0.296. The van der Waals surface area contributed by atoms with Gasteiger partial charge in [0.2, 0.25) is 5.95 Å². The first-order valence-electron chi connectivity index (χ1n) is 11.1. The SMILES string of the molecule is CCCNc1cccc2nc(N(Cc3ccccc3)c3c(C)cc(C)cc3C)n(C)c12. The quantitative estimate of drug-likeness (QED) is 0.368. The molecule has 3 aromatic carbocycles. The summed E-state index contributed by atoms with van der Waals surface area (Å²) in [6.45, 7) is 10.5. The van der Waals surface area contributed by atoms with E-state index >= 15 is 0 Å². The number of nitrogens with one attached hydrogen (secondary N) is 1. The molecule has 1 aromatic heterocycles. The summed E-state index contributed by atoms with van der Waals surface area (Å²) in [7, 11) is 2.12. The molecule has 0 fully saturated rings. The summed E-state index contributed by atoms with van der Waals surface area (Å²) in [5.41, 5.74) is 9.61. The fourth-order valence-electron chi connectivity index (χ4n) is 4.51. The largest absolute Gasteiger partial charge is 0.383 e. The summed E-state index contributed by atoms with van der Waals surface area (Å²) in [6.07, 6.45) is 1.09. The third-order valence-corrected chi connectivity index (χ3v) is 5.77. The van der Waals surface area contributed by atoms with Crippen LogP contribution in [0.3, 0.4) is 0 Å². The molecule has 0 radical (unpaired) electrons. The minimum atomic E-state index is 0.764. The topological polar surface area (TPSA) is 33.1 Å². The molecule has 0 aliphatic rings. The van der Waals surface area contributed by atoms with Crippen molar-refractivity contribution in [2.24, 2.45) is 7.05 Å². The van der Waals surface area contributed by atoms with Crippen LogP contribution in [0.1, 0.15) is 35.6 Å². The molecule has 4 heteroatoms. The van der Waals surface area contributed by atoms with Crippen LogP contribution in [0.15, 0.2) is 60.7 Å². The molecule has 0 unspecified atom stereocenters. The van der Waals surface area contributed by atoms with Crippen LogP contribution in [0.5, 0.6) is 0 Å². The van der Waals surface area contributed by atoms with Gasteiger partial charge in [0, 0.05) is 13.6 Å². The third-order valence-electron chi connectivity index (χ3n) is 5.77. The Morgan fingerprint density at radius 2 is 1.65 bits per heavy atom. The van der Waals surface area contributed by atoms with E-state index in [9.17, 15) is 0 Å². The van der Waals surface area contributed by atoms with Gasteiger partial charge in [-0.15, -0.1) is 0 Å². The zero-order valence-corrected chi connectivity index (χ0v) is 19.2. The van der Waals surface area contributed by atoms with Gasteiger partial charge in [-0.25, -0.2) is 4.98 Å². The smallest absolute Gasteiger partial charge is 0.211 e. The van der Waals surface area contributed by atoms with E-state index in [0.29, 0.717) is 0 Å². The van der Waals surface area contributed by atoms with Crippen molar-refractivity contribution in [1.82, 2.24) is 9.55 Å². The number of nitrogens with zero attached hydrogens (tertiary/aromatic N) is 3. The van der Waals surface area contributed by atoms with E-state index in [-0.39, 0.29) is 0 Å². The monoisotopic (exact) mass is 412 g/mol. The van der Waals surface area contributed by atoms with Gasteiger partial charge in [0.1, 0.15) is 0 Å². The van der Waals surface area contributed by atoms with Crippen LogP contribution in [-0.2, 0) is 13.6 Å². The minimum absolute atomic E-state index is 0.764. The normalized spacial score (nSPS) is 11.1. The van der Waals surface area contributed by atoms with E-state index in [2.05, 4.69) is 110 Å². The van der Waals surface area contributed by atoms with Crippen LogP contribution in [0, 0.1) is 20.8 Å². The number of benzene rings is 3. The molecule has 0 amide bonds. The summed E-state index contributed by atoms with van der Waals surface area (Å²) in [5.74, 6) is 0.958. The lowest BCUT2D eigenvalue weighted by Crippen LogP contribution is -2.22. The summed E-state index contributed by atoms with van der Waals surface area (Å²) >= 11 is 0. The summed E-state index contributed by atoms with van der Waals surface area (Å²) in [4.78, 5) is 7.47. The Bertz CT molecular complexity index is 1170. The maximum absolute atomic E-state index is 5.11. The molecule has 4 nitrogen and oxygen atoms in total. The van der Waals surface area contributed by atoms with Crippen molar-refractivity contribution in [1.29, 1.82) is 0 Å². The molecule has 1 N–H and O–H groups in total. The second kappa shape index (κ2) is 8.84. The highest BCUT2D eigenvalue weighted by Gasteiger charge is 2.22. The van der Waals surface area contributed by atoms with Crippen LogP contribution < -0.4 is 10.2 Å². The predicted octanol–water partition coefficient (Wildman–Crippen LogP) is 6.66. The first-order valence-corrected chi connectivity index (χ1v) is 11.1. The highest BCUT2D eigenvalue weighted by Crippen LogP contribution is 2.36. The van der Waals surface area contributed by atoms with Crippen molar-refractivity contribution in [2.75, 3.05) is 16.8 Å². The number of aromatic nitrogens is 2. The van der Waals surface area contributed by atoms with Gasteiger partial charge in [-0.2, -0.15) is 0 Å². The standard InChI is InChI=1S/C27H32N4/c1-6-15-28-23-13-10-14-24-26(23)30(5)27(29-24)31(18-22-11-8-7-9-12-22)25-20(3)16-19(2)17-21(25)4/h7-14,16-17,28H,6,15,18H2,1-5H3. The summed E-state index contributed by atoms with van der Waals surface area (Å²) < 4.78 is 2.23. The lowest BCUT2D eigenvalue weighted by Gasteiger charge is -2.28. The third kappa shape index (κ3) is 4.15. The predicted molar refractivity (Wildman–Crippen MR) is 132 cm³/mol. The first-order chi connectivity index (χ1) is 15.0. The zero-order valence-electron chi connectivity index (χ0n) is 19.2. The molecule has 4 aromatic rings. The molecule has 0 atom stereocenters. The molecule has 0 saturated carbocycles. The molecular weight excluding hydrogens is 380 g/mol. The van der Waals surface area contributed by atoms with Gasteiger partial charge in [-0.3, -0.25) is 0 Å². The fourth-order valence-corrected chi connectivity index (χ4v) is 4.51. The zero-order chi connectivity index (χ0) is 22.0. The highest BCUT2D eigenvalue weighted by atomic mass is 15.3. The highest BCUT2D eigenvalue weighted by molar-refractivity contribution is 5.91. The summed E-state index contributed by atoms with van der Waals surface area (Å²) in [5, 5.41) is 3.57. The average Bonchev–Trinajstić information content (AvgIpc) is 3.08. The molecule has 160 valence electrons. The van der Waals surface area contributed by atoms with Crippen molar-refractivity contribution < 1.29 is 0 Å². The van der Waals surface area contributed by atoms with Crippen molar-refractivity contribution in [3.8, 4) is 0 Å². The van der Waals surface area contributed by atoms with E-state index in [1.165, 1.54) is 27.9 Å². The van der Waals surface area contributed by atoms with Crippen LogP contribution in [0.25, 0.3) is 11.0 Å². The Morgan fingerprint density at radius 1 is 0.935 bits per heavy atom. The van der Waals surface area contributed by atoms with E-state index in [0.717, 1.165) is 42.2 Å². The molecule has 0 spiro atoms. The van der Waals surface area contributed by atoms with Crippen molar-refractivity contribution in [2.45, 2.75) is 40.7 Å². The second-order valence-electron chi connectivity index (χ2n) is 8.39. The molecule has 31 heavy (non-hydrogen) atoms. The number of anilines is 3. The van der Waals surface area contributed by atoms with E-state index in [1.807, 2.05) is 0 Å². The van der Waals surface area contributed by atoms with Gasteiger partial charge in [0.05, 0.1) is 29.0 Å². The van der Waals surface area contributed by atoms with Crippen LogP contribution in [0.2, 0.25) is 0 Å². The van der Waals surface area contributed by atoms with Crippen molar-refractivity contribution in [3.05, 3.63) is 82.9 Å². The molecule has 1 heterocycles. The Morgan fingerprint density at radius 3 is 2.32 bits per heavy atom. The molecular formula is C27H32N4. The number of imidazole rings is 1. The number of hydrogen-bond acceptors (Lipinski definition) is 3. The Hall–Kier alpha value is -3.27. The lowest BCUT2D eigenvalue weighted by atomic mass is 10.0. The maximum atomic E-state index is 5.11. The van der Waals surface area contributed by atoms with Gasteiger partial charge >= 0.3 is 0 Å². The number of aryl methyl sites for hydroxylation is 4. The number of para-hydroxylation sites is 1. The Balaban J connectivity index is 1.90. The van der Waals surface area contributed by atoms with Gasteiger partial charge < -0.3 is 14.8 Å². The maximum Gasteiger partial charge on any atom is 0.211 e. The van der Waals surface area contributed by atoms with Crippen LogP contribution in [-0.4, -0.2) is 16.1 Å². The van der Waals surface area contributed by atoms with E-state index in [1.54, 1.807) is 0 Å². The van der Waals surface area contributed by atoms with E-state index in [4.69, 9.17) is 4.98 Å².